The van der Waals surface area contributed by atoms with Crippen molar-refractivity contribution in [3.63, 3.8) is 0 Å². The quantitative estimate of drug-likeness (QED) is 0.357. The molecule has 0 radical (unpaired) electrons. The van der Waals surface area contributed by atoms with Gasteiger partial charge in [0.15, 0.2) is 5.75 Å². The smallest absolute Gasteiger partial charge is 0.315 e. The van der Waals surface area contributed by atoms with Gasteiger partial charge in [-0.3, -0.25) is 10.1 Å². The fraction of sp³-hybridized carbons (Fsp3) is 0.111. The molecule has 0 unspecified atom stereocenters. The molecule has 2 heterocycles. The molecule has 0 saturated carbocycles. The number of hydrogen-bond acceptors (Lipinski definition) is 8. The van der Waals surface area contributed by atoms with Gasteiger partial charge in [0.2, 0.25) is 5.75 Å². The molecule has 2 aromatic heterocycles. The van der Waals surface area contributed by atoms with E-state index in [1.54, 1.807) is 18.3 Å². The van der Waals surface area contributed by atoms with Gasteiger partial charge in [0.25, 0.3) is 0 Å². The number of allylic oxidation sites excluding steroid dienone is 1. The van der Waals surface area contributed by atoms with Crippen LogP contribution in [0.3, 0.4) is 0 Å². The number of aromatic hydroxyl groups is 1. The van der Waals surface area contributed by atoms with Gasteiger partial charge in [-0.05, 0) is 36.1 Å². The van der Waals surface area contributed by atoms with E-state index in [2.05, 4.69) is 11.1 Å². The van der Waals surface area contributed by atoms with Gasteiger partial charge in [-0.1, -0.05) is 6.07 Å². The van der Waals surface area contributed by atoms with Crippen LogP contribution >= 0.6 is 22.7 Å². The topological polar surface area (TPSA) is 109 Å². The third kappa shape index (κ3) is 3.97. The highest BCUT2D eigenvalue weighted by atomic mass is 32.1. The molecule has 27 heavy (non-hydrogen) atoms. The molecule has 0 aliphatic heterocycles. The molecule has 0 amide bonds. The lowest BCUT2D eigenvalue weighted by atomic mass is 10.1. The van der Waals surface area contributed by atoms with Crippen LogP contribution in [0.2, 0.25) is 0 Å². The number of phenolic OH excluding ortho intramolecular Hbond substituents is 1. The number of aromatic nitrogens is 1. The predicted octanol–water partition coefficient (Wildman–Crippen LogP) is 4.95. The van der Waals surface area contributed by atoms with Gasteiger partial charge in [-0.25, -0.2) is 4.98 Å². The van der Waals surface area contributed by atoms with Gasteiger partial charge in [0.1, 0.15) is 11.1 Å². The Bertz CT molecular complexity index is 1050. The van der Waals surface area contributed by atoms with Crippen LogP contribution in [0.25, 0.3) is 22.2 Å². The van der Waals surface area contributed by atoms with Crippen molar-refractivity contribution in [2.24, 2.45) is 0 Å². The number of thiophene rings is 1. The molecule has 136 valence electrons. The standard InChI is InChI=1S/C18H13N3O4S2/c1-2-25-15-8-11(7-14(17(15)22)21(23)24)6-12(9-19)18-20-13(10-27-18)16-4-3-5-26-16/h3-8,10,22H,2H2,1H3/b12-6-. The first-order valence-corrected chi connectivity index (χ1v) is 9.55. The second kappa shape index (κ2) is 7.99. The largest absolute Gasteiger partial charge is 0.500 e. The van der Waals surface area contributed by atoms with Crippen molar-refractivity contribution in [3.05, 3.63) is 55.7 Å². The summed E-state index contributed by atoms with van der Waals surface area (Å²) in [5.41, 5.74) is 0.929. The fourth-order valence-corrected chi connectivity index (χ4v) is 3.89. The molecular formula is C18H13N3O4S2. The molecule has 0 fully saturated rings. The van der Waals surface area contributed by atoms with Crippen molar-refractivity contribution in [2.45, 2.75) is 6.92 Å². The van der Waals surface area contributed by atoms with Crippen LogP contribution in [-0.4, -0.2) is 21.6 Å². The van der Waals surface area contributed by atoms with Gasteiger partial charge in [-0.15, -0.1) is 22.7 Å². The lowest BCUT2D eigenvalue weighted by molar-refractivity contribution is -0.386. The average molecular weight is 399 g/mol. The highest BCUT2D eigenvalue weighted by molar-refractivity contribution is 7.14. The zero-order valence-electron chi connectivity index (χ0n) is 14.1. The maximum Gasteiger partial charge on any atom is 0.315 e. The van der Waals surface area contributed by atoms with Crippen LogP contribution < -0.4 is 4.74 Å². The Morgan fingerprint density at radius 3 is 2.93 bits per heavy atom. The number of benzene rings is 1. The number of nitrogens with zero attached hydrogens (tertiary/aromatic N) is 3. The second-order valence-electron chi connectivity index (χ2n) is 5.26. The van der Waals surface area contributed by atoms with Crippen LogP contribution in [0.15, 0.2) is 35.0 Å². The summed E-state index contributed by atoms with van der Waals surface area (Å²) >= 11 is 2.87. The Balaban J connectivity index is 2.03. The highest BCUT2D eigenvalue weighted by Crippen LogP contribution is 2.38. The van der Waals surface area contributed by atoms with Crippen molar-refractivity contribution in [3.8, 4) is 28.1 Å². The van der Waals surface area contributed by atoms with Crippen molar-refractivity contribution in [1.29, 1.82) is 5.26 Å². The van der Waals surface area contributed by atoms with Gasteiger partial charge >= 0.3 is 5.69 Å². The first-order chi connectivity index (χ1) is 13.0. The number of ether oxygens (including phenoxy) is 1. The molecule has 3 rings (SSSR count). The van der Waals surface area contributed by atoms with E-state index in [1.807, 2.05) is 22.9 Å². The van der Waals surface area contributed by atoms with Gasteiger partial charge in [0, 0.05) is 11.4 Å². The predicted molar refractivity (Wildman–Crippen MR) is 105 cm³/mol. The summed E-state index contributed by atoms with van der Waals surface area (Å²) in [5.74, 6) is -0.541. The lowest BCUT2D eigenvalue weighted by Gasteiger charge is -2.07. The molecule has 0 saturated heterocycles. The zero-order valence-corrected chi connectivity index (χ0v) is 15.7. The van der Waals surface area contributed by atoms with Crippen LogP contribution in [0, 0.1) is 21.4 Å². The van der Waals surface area contributed by atoms with E-state index in [4.69, 9.17) is 4.74 Å². The van der Waals surface area contributed by atoms with Crippen molar-refractivity contribution < 1.29 is 14.8 Å². The van der Waals surface area contributed by atoms with Crippen molar-refractivity contribution in [2.75, 3.05) is 6.61 Å². The number of nitro benzene ring substituents is 1. The van der Waals surface area contributed by atoms with Crippen molar-refractivity contribution >= 4 is 40.0 Å². The third-order valence-electron chi connectivity index (χ3n) is 3.51. The molecule has 0 aliphatic rings. The van der Waals surface area contributed by atoms with E-state index < -0.39 is 16.4 Å². The van der Waals surface area contributed by atoms with Crippen LogP contribution in [0.1, 0.15) is 17.5 Å². The van der Waals surface area contributed by atoms with E-state index in [1.165, 1.54) is 29.5 Å². The second-order valence-corrected chi connectivity index (χ2v) is 7.07. The lowest BCUT2D eigenvalue weighted by Crippen LogP contribution is -1.96. The summed E-state index contributed by atoms with van der Waals surface area (Å²) < 4.78 is 5.26. The fourth-order valence-electron chi connectivity index (χ4n) is 2.35. The molecule has 3 aromatic rings. The summed E-state index contributed by atoms with van der Waals surface area (Å²) in [7, 11) is 0. The number of thiazole rings is 1. The summed E-state index contributed by atoms with van der Waals surface area (Å²) in [6.45, 7) is 1.94. The van der Waals surface area contributed by atoms with E-state index in [-0.39, 0.29) is 17.9 Å². The van der Waals surface area contributed by atoms with E-state index in [0.29, 0.717) is 10.6 Å². The molecular weight excluding hydrogens is 386 g/mol. The molecule has 1 aromatic carbocycles. The van der Waals surface area contributed by atoms with Crippen LogP contribution in [-0.2, 0) is 0 Å². The number of hydrogen-bond donors (Lipinski definition) is 1. The highest BCUT2D eigenvalue weighted by Gasteiger charge is 2.20. The number of phenols is 1. The zero-order chi connectivity index (χ0) is 19.4. The first-order valence-electron chi connectivity index (χ1n) is 7.79. The molecule has 0 aliphatic carbocycles. The minimum Gasteiger partial charge on any atom is -0.500 e. The average Bonchev–Trinajstić information content (AvgIpc) is 3.33. The molecule has 1 N–H and O–H groups in total. The Hall–Kier alpha value is -3.22. The first kappa shape index (κ1) is 18.6. The van der Waals surface area contributed by atoms with Gasteiger partial charge < -0.3 is 9.84 Å². The number of nitro groups is 1. The summed E-state index contributed by atoms with van der Waals surface area (Å²) in [5, 5.41) is 35.0. The molecule has 7 nitrogen and oxygen atoms in total. The Labute approximate surface area is 162 Å². The molecule has 0 spiro atoms. The molecule has 9 heteroatoms. The Morgan fingerprint density at radius 1 is 1.48 bits per heavy atom. The maximum atomic E-state index is 11.2. The van der Waals surface area contributed by atoms with Crippen LogP contribution in [0.5, 0.6) is 11.5 Å². The van der Waals surface area contributed by atoms with E-state index in [0.717, 1.165) is 10.6 Å². The molecule has 0 atom stereocenters. The monoisotopic (exact) mass is 399 g/mol. The number of nitriles is 1. The summed E-state index contributed by atoms with van der Waals surface area (Å²) in [6.07, 6.45) is 1.49. The van der Waals surface area contributed by atoms with Crippen molar-refractivity contribution in [1.82, 2.24) is 4.98 Å². The Morgan fingerprint density at radius 2 is 2.30 bits per heavy atom. The minimum atomic E-state index is -0.695. The third-order valence-corrected chi connectivity index (χ3v) is 5.28. The van der Waals surface area contributed by atoms with E-state index in [9.17, 15) is 20.5 Å². The van der Waals surface area contributed by atoms with E-state index >= 15 is 0 Å². The normalized spacial score (nSPS) is 11.2. The minimum absolute atomic E-state index is 0.00588. The SMILES string of the molecule is CCOc1cc(/C=C(/C#N)c2nc(-c3cccs3)cs2)cc([N+](=O)[O-])c1O. The van der Waals surface area contributed by atoms with Gasteiger partial charge in [0.05, 0.1) is 27.7 Å². The van der Waals surface area contributed by atoms with Gasteiger partial charge in [-0.2, -0.15) is 5.26 Å². The maximum absolute atomic E-state index is 11.2. The molecule has 0 bridgehead atoms. The number of rotatable bonds is 6. The summed E-state index contributed by atoms with van der Waals surface area (Å²) in [6, 6.07) is 8.60. The summed E-state index contributed by atoms with van der Waals surface area (Å²) in [4.78, 5) is 16.0. The van der Waals surface area contributed by atoms with Crippen LogP contribution in [0.4, 0.5) is 5.69 Å². The Kier molecular flexibility index (Phi) is 5.49.